The van der Waals surface area contributed by atoms with Gasteiger partial charge in [0.05, 0.1) is 17.4 Å². The third-order valence-corrected chi connectivity index (χ3v) is 11.4. The third-order valence-electron chi connectivity index (χ3n) is 11.4. The molecule has 4 aliphatic heterocycles. The molecule has 1 aromatic carbocycles. The Morgan fingerprint density at radius 2 is 1.78 bits per heavy atom. The van der Waals surface area contributed by atoms with Crippen molar-refractivity contribution in [2.75, 3.05) is 62.6 Å². The lowest BCUT2D eigenvalue weighted by Crippen LogP contribution is -2.58. The molecule has 5 aliphatic rings. The zero-order valence-electron chi connectivity index (χ0n) is 26.8. The molecule has 0 bridgehead atoms. The van der Waals surface area contributed by atoms with E-state index in [0.29, 0.717) is 28.5 Å². The molecule has 1 aromatic heterocycles. The number of benzene rings is 1. The number of hydrogen-bond acceptors (Lipinski definition) is 8. The maximum absolute atomic E-state index is 10.4. The monoisotopic (exact) mass is 611 g/mol. The van der Waals surface area contributed by atoms with Crippen molar-refractivity contribution in [1.29, 1.82) is 0 Å². The number of likely N-dealkylation sites (tertiary alicyclic amines) is 1. The van der Waals surface area contributed by atoms with Crippen molar-refractivity contribution in [1.82, 2.24) is 25.3 Å². The lowest BCUT2D eigenvalue weighted by Gasteiger charge is -2.47. The number of piperidine rings is 2. The largest absolute Gasteiger partial charge is 0.507 e. The fourth-order valence-corrected chi connectivity index (χ4v) is 8.54. The van der Waals surface area contributed by atoms with Crippen LogP contribution in [0.25, 0.3) is 11.3 Å². The molecule has 4 fully saturated rings. The molecule has 240 valence electrons. The van der Waals surface area contributed by atoms with Gasteiger partial charge in [0.1, 0.15) is 5.75 Å². The molecule has 2 aromatic rings. The summed E-state index contributed by atoms with van der Waals surface area (Å²) in [6.07, 6.45) is 12.9. The first kappa shape index (κ1) is 30.2. The summed E-state index contributed by atoms with van der Waals surface area (Å²) >= 11 is 0. The molecular formula is C35H49N9O. The Hall–Kier alpha value is -3.50. The number of para-hydroxylation sites is 1. The molecule has 10 nitrogen and oxygen atoms in total. The summed E-state index contributed by atoms with van der Waals surface area (Å²) in [4.78, 5) is 16.7. The van der Waals surface area contributed by atoms with E-state index in [-0.39, 0.29) is 11.8 Å². The van der Waals surface area contributed by atoms with Crippen molar-refractivity contribution in [3.63, 3.8) is 0 Å². The van der Waals surface area contributed by atoms with Crippen LogP contribution in [0.2, 0.25) is 0 Å². The Kier molecular flexibility index (Phi) is 8.77. The predicted molar refractivity (Wildman–Crippen MR) is 182 cm³/mol. The number of nitrogens with zero attached hydrogens (tertiary/aromatic N) is 7. The number of phenols is 1. The van der Waals surface area contributed by atoms with E-state index in [2.05, 4.69) is 60.4 Å². The maximum atomic E-state index is 10.4. The third kappa shape index (κ3) is 6.31. The Morgan fingerprint density at radius 3 is 2.53 bits per heavy atom. The molecule has 10 heteroatoms. The van der Waals surface area contributed by atoms with Gasteiger partial charge in [-0.2, -0.15) is 0 Å². The quantitative estimate of drug-likeness (QED) is 0.336. The van der Waals surface area contributed by atoms with Gasteiger partial charge in [-0.05, 0) is 121 Å². The Morgan fingerprint density at radius 1 is 1.00 bits per heavy atom. The summed E-state index contributed by atoms with van der Waals surface area (Å²) in [7, 11) is 0. The first-order valence-electron chi connectivity index (χ1n) is 17.1. The van der Waals surface area contributed by atoms with E-state index in [4.69, 9.17) is 4.99 Å². The molecule has 3 N–H and O–H groups in total. The highest BCUT2D eigenvalue weighted by Gasteiger charge is 2.38. The number of allylic oxidation sites excluding steroid dienone is 1. The van der Waals surface area contributed by atoms with Gasteiger partial charge < -0.3 is 30.4 Å². The fraction of sp³-hybridized carbons (Fsp3) is 0.600. The number of nitrogens with one attached hydrogen (secondary N) is 2. The second-order valence-corrected chi connectivity index (χ2v) is 13.9. The molecule has 1 atom stereocenters. The van der Waals surface area contributed by atoms with Crippen molar-refractivity contribution in [2.45, 2.75) is 70.4 Å². The van der Waals surface area contributed by atoms with E-state index in [0.717, 1.165) is 43.7 Å². The molecular weight excluding hydrogens is 562 g/mol. The number of aromatic hydroxyl groups is 1. The maximum Gasteiger partial charge on any atom is 0.224 e. The second-order valence-electron chi connectivity index (χ2n) is 13.9. The van der Waals surface area contributed by atoms with Gasteiger partial charge in [-0.1, -0.05) is 17.7 Å². The average molecular weight is 612 g/mol. The van der Waals surface area contributed by atoms with E-state index in [1.165, 1.54) is 83.1 Å². The van der Waals surface area contributed by atoms with Crippen LogP contribution in [0.1, 0.15) is 58.3 Å². The van der Waals surface area contributed by atoms with Gasteiger partial charge in [0, 0.05) is 44.0 Å². The van der Waals surface area contributed by atoms with E-state index >= 15 is 0 Å². The van der Waals surface area contributed by atoms with Gasteiger partial charge in [-0.25, -0.2) is 9.98 Å². The predicted octanol–water partition coefficient (Wildman–Crippen LogP) is 4.75. The summed E-state index contributed by atoms with van der Waals surface area (Å²) in [6, 6.07) is 10.3. The number of anilines is 2. The molecule has 3 saturated heterocycles. The van der Waals surface area contributed by atoms with Crippen LogP contribution in [0.3, 0.4) is 0 Å². The lowest BCUT2D eigenvalue weighted by molar-refractivity contribution is 0.0505. The first-order valence-corrected chi connectivity index (χ1v) is 17.1. The SMILES string of the molecule is C=N/C(=N\C=C(/C)C1CCN(C2CCC3(CCNCC3)CC2)CC1)N1CCN2c3cc(-c4ccccc4O)nnc3NC[C@H]2C1. The zero-order chi connectivity index (χ0) is 30.8. The average Bonchev–Trinajstić information content (AvgIpc) is 3.09. The van der Waals surface area contributed by atoms with Crippen LogP contribution in [0.15, 0.2) is 52.1 Å². The van der Waals surface area contributed by atoms with Crippen LogP contribution in [0.5, 0.6) is 5.75 Å². The molecule has 0 amide bonds. The van der Waals surface area contributed by atoms with Gasteiger partial charge in [-0.15, -0.1) is 10.2 Å². The van der Waals surface area contributed by atoms with E-state index in [9.17, 15) is 5.11 Å². The lowest BCUT2D eigenvalue weighted by atomic mass is 9.67. The number of aliphatic imine (C=N–C) groups is 2. The number of piperazine rings is 1. The summed E-state index contributed by atoms with van der Waals surface area (Å²) in [5.41, 5.74) is 4.37. The van der Waals surface area contributed by atoms with Crippen LogP contribution in [0.4, 0.5) is 11.5 Å². The van der Waals surface area contributed by atoms with Crippen molar-refractivity contribution in [3.8, 4) is 17.0 Å². The fourth-order valence-electron chi connectivity index (χ4n) is 8.54. The highest BCUT2D eigenvalue weighted by molar-refractivity contribution is 5.85. The molecule has 0 unspecified atom stereocenters. The standard InChI is InChI=1S/C35H49N9O/c1-25(26-9-17-42(18-10-26)27-7-11-35(12-8-27)13-15-37-16-14-35)22-39-34(36-2)43-19-20-44-28(24-43)23-38-33-31(44)21-30(40-41-33)29-5-3-4-6-32(29)45/h3-6,21-22,26-28,37,45H,2,7-20,23-24H2,1H3,(H,38,41)/b25-22+,39-34+/t28-/m0/s1. The zero-order valence-corrected chi connectivity index (χ0v) is 26.8. The molecule has 45 heavy (non-hydrogen) atoms. The smallest absolute Gasteiger partial charge is 0.224 e. The normalized spacial score (nSPS) is 25.0. The minimum atomic E-state index is 0.207. The topological polar surface area (TPSA) is 105 Å². The van der Waals surface area contributed by atoms with E-state index in [1.54, 1.807) is 6.07 Å². The number of guanidine groups is 1. The van der Waals surface area contributed by atoms with Gasteiger partial charge in [-0.3, -0.25) is 0 Å². The van der Waals surface area contributed by atoms with Crippen molar-refractivity contribution in [3.05, 3.63) is 42.1 Å². The van der Waals surface area contributed by atoms with Crippen LogP contribution in [-0.4, -0.2) is 102 Å². The van der Waals surface area contributed by atoms with Crippen molar-refractivity contribution >= 4 is 24.2 Å². The molecule has 7 rings (SSSR count). The number of rotatable bonds is 4. The summed E-state index contributed by atoms with van der Waals surface area (Å²) in [5.74, 6) is 2.28. The Bertz CT molecular complexity index is 1420. The van der Waals surface area contributed by atoms with Gasteiger partial charge >= 0.3 is 0 Å². The van der Waals surface area contributed by atoms with Crippen molar-refractivity contribution < 1.29 is 5.11 Å². The van der Waals surface area contributed by atoms with E-state index < -0.39 is 0 Å². The summed E-state index contributed by atoms with van der Waals surface area (Å²) < 4.78 is 0. The number of fused-ring (bicyclic) bond motifs is 3. The molecule has 1 saturated carbocycles. The molecule has 1 aliphatic carbocycles. The minimum Gasteiger partial charge on any atom is -0.507 e. The molecule has 0 radical (unpaired) electrons. The first-order chi connectivity index (χ1) is 22.0. The Balaban J connectivity index is 0.944. The summed E-state index contributed by atoms with van der Waals surface area (Å²) in [5, 5.41) is 26.2. The minimum absolute atomic E-state index is 0.207. The number of aromatic nitrogens is 2. The molecule has 5 heterocycles. The van der Waals surface area contributed by atoms with Gasteiger partial charge in [0.25, 0.3) is 0 Å². The molecule has 1 spiro atoms. The van der Waals surface area contributed by atoms with Gasteiger partial charge in [0.2, 0.25) is 5.96 Å². The van der Waals surface area contributed by atoms with Crippen LogP contribution in [0, 0.1) is 11.3 Å². The number of phenolic OH excluding ortho intramolecular Hbond substituents is 1. The van der Waals surface area contributed by atoms with Gasteiger partial charge in [0.15, 0.2) is 5.82 Å². The Labute approximate surface area is 267 Å². The highest BCUT2D eigenvalue weighted by Crippen LogP contribution is 2.45. The highest BCUT2D eigenvalue weighted by atomic mass is 16.3. The second kappa shape index (κ2) is 13.1. The van der Waals surface area contributed by atoms with Crippen LogP contribution >= 0.6 is 0 Å². The van der Waals surface area contributed by atoms with Crippen molar-refractivity contribution in [2.24, 2.45) is 21.3 Å². The number of hydrogen-bond donors (Lipinski definition) is 3. The van der Waals surface area contributed by atoms with Crippen LogP contribution in [-0.2, 0) is 0 Å². The van der Waals surface area contributed by atoms with Crippen LogP contribution < -0.4 is 15.5 Å². The van der Waals surface area contributed by atoms with E-state index in [1.807, 2.05) is 24.3 Å². The summed E-state index contributed by atoms with van der Waals surface area (Å²) in [6.45, 7) is 14.2.